The molecule has 176 valence electrons. The number of hydrogen-bond acceptors (Lipinski definition) is 5. The van der Waals surface area contributed by atoms with Gasteiger partial charge in [-0.3, -0.25) is 0 Å². The summed E-state index contributed by atoms with van der Waals surface area (Å²) in [6.45, 7) is 2.17. The molecular formula is C21H18F5N3O4. The number of methoxy groups -OCH3 is 1. The minimum absolute atomic E-state index is 0.0264. The molecule has 0 saturated carbocycles. The Morgan fingerprint density at radius 2 is 1.91 bits per heavy atom. The first kappa shape index (κ1) is 22.9. The molecule has 4 atom stereocenters. The first-order valence-electron chi connectivity index (χ1n) is 9.75. The quantitative estimate of drug-likeness (QED) is 0.533. The van der Waals surface area contributed by atoms with Crippen LogP contribution in [0.15, 0.2) is 24.3 Å². The number of hydrogen-bond donors (Lipinski definition) is 2. The molecule has 7 nitrogen and oxygen atoms in total. The largest absolute Gasteiger partial charge is 0.493 e. The van der Waals surface area contributed by atoms with Crippen LogP contribution in [0.4, 0.5) is 22.0 Å². The molecule has 2 N–H and O–H groups in total. The van der Waals surface area contributed by atoms with Gasteiger partial charge in [0.25, 0.3) is 0 Å². The fourth-order valence-corrected chi connectivity index (χ4v) is 4.21. The molecule has 1 aliphatic rings. The summed E-state index contributed by atoms with van der Waals surface area (Å²) in [7, 11) is 1.08. The Labute approximate surface area is 183 Å². The first-order chi connectivity index (χ1) is 15.4. The number of nitrogens with zero attached hydrogens (tertiary/aromatic N) is 2. The number of aromatic nitrogens is 3. The summed E-state index contributed by atoms with van der Waals surface area (Å²) in [6.07, 6.45) is -6.18. The molecule has 0 amide bonds. The van der Waals surface area contributed by atoms with E-state index in [0.717, 1.165) is 26.2 Å². The van der Waals surface area contributed by atoms with E-state index >= 15 is 0 Å². The average Bonchev–Trinajstić information content (AvgIpc) is 3.28. The number of halogens is 5. The molecule has 1 aromatic carbocycles. The Bertz CT molecular complexity index is 1240. The number of ether oxygens (including phenoxy) is 2. The average molecular weight is 471 g/mol. The van der Waals surface area contributed by atoms with Crippen LogP contribution < -0.4 is 4.74 Å². The van der Waals surface area contributed by atoms with Crippen LogP contribution in [0.5, 0.6) is 5.75 Å². The van der Waals surface area contributed by atoms with E-state index in [9.17, 15) is 26.7 Å². The van der Waals surface area contributed by atoms with Crippen molar-refractivity contribution in [2.75, 3.05) is 7.11 Å². The van der Waals surface area contributed by atoms with Crippen molar-refractivity contribution in [1.29, 1.82) is 0 Å². The number of carbonyl (C=O) groups is 1. The third-order valence-electron chi connectivity index (χ3n) is 6.16. The number of alkyl halides is 3. The second-order valence-electron chi connectivity index (χ2n) is 7.94. The summed E-state index contributed by atoms with van der Waals surface area (Å²) in [5, 5.41) is 9.12. The van der Waals surface area contributed by atoms with Gasteiger partial charge in [0.1, 0.15) is 11.9 Å². The van der Waals surface area contributed by atoms with Crippen molar-refractivity contribution in [2.45, 2.75) is 37.6 Å². The lowest BCUT2D eigenvalue weighted by Crippen LogP contribution is -2.46. The van der Waals surface area contributed by atoms with Gasteiger partial charge in [-0.15, -0.1) is 0 Å². The van der Waals surface area contributed by atoms with Gasteiger partial charge in [-0.05, 0) is 25.1 Å². The molecule has 2 aromatic heterocycles. The van der Waals surface area contributed by atoms with Gasteiger partial charge in [0.2, 0.25) is 5.82 Å². The van der Waals surface area contributed by atoms with E-state index in [2.05, 4.69) is 15.0 Å². The van der Waals surface area contributed by atoms with Gasteiger partial charge in [-0.1, -0.05) is 13.0 Å². The zero-order chi connectivity index (χ0) is 24.3. The van der Waals surface area contributed by atoms with Crippen LogP contribution >= 0.6 is 0 Å². The number of aromatic carboxylic acids is 1. The van der Waals surface area contributed by atoms with Crippen LogP contribution in [0.25, 0.3) is 11.2 Å². The Balaban J connectivity index is 1.91. The molecule has 1 saturated heterocycles. The fraction of sp³-hybridized carbons (Fsp3) is 0.381. The van der Waals surface area contributed by atoms with Crippen molar-refractivity contribution < 1.29 is 41.3 Å². The van der Waals surface area contributed by atoms with Gasteiger partial charge in [-0.2, -0.15) is 17.6 Å². The third kappa shape index (κ3) is 3.48. The molecule has 12 heteroatoms. The lowest BCUT2D eigenvalue weighted by molar-refractivity contribution is -0.275. The first-order valence-corrected chi connectivity index (χ1v) is 9.75. The van der Waals surface area contributed by atoms with Crippen molar-refractivity contribution in [2.24, 2.45) is 5.92 Å². The lowest BCUT2D eigenvalue weighted by atomic mass is 9.77. The molecule has 3 aromatic rings. The highest BCUT2D eigenvalue weighted by Crippen LogP contribution is 2.59. The highest BCUT2D eigenvalue weighted by atomic mass is 19.4. The number of rotatable bonds is 4. The Hall–Kier alpha value is -3.28. The van der Waals surface area contributed by atoms with Gasteiger partial charge in [0.05, 0.1) is 12.6 Å². The standard InChI is InChI=1S/C21H18F5N3O4/c1-8-13(9-4-5-10(22)14(23)15(9)32-3)16(33-20(8,2)21(24,25)26)18-27-11-6-7-12(19(30)31)28-17(11)29-18/h4-8,13,16H,1-3H3,(H,30,31)(H,27,28,29)/t8-,13-,16+,20+/m0/s1. The lowest BCUT2D eigenvalue weighted by Gasteiger charge is -2.32. The Kier molecular flexibility index (Phi) is 5.31. The highest BCUT2D eigenvalue weighted by Gasteiger charge is 2.65. The van der Waals surface area contributed by atoms with Crippen molar-refractivity contribution in [3.05, 3.63) is 53.0 Å². The van der Waals surface area contributed by atoms with E-state index in [1.54, 1.807) is 0 Å². The molecule has 0 spiro atoms. The van der Waals surface area contributed by atoms with Gasteiger partial charge < -0.3 is 19.6 Å². The number of carboxylic acid groups (broad SMARTS) is 1. The summed E-state index contributed by atoms with van der Waals surface area (Å²) in [5.41, 5.74) is -2.76. The van der Waals surface area contributed by atoms with Crippen molar-refractivity contribution >= 4 is 17.1 Å². The SMILES string of the molecule is COc1c([C@H]2[C@H](c3nc4nc(C(=O)O)ccc4[nH]3)O[C@@](C)(C(F)(F)F)[C@H]2C)ccc(F)c1F. The predicted molar refractivity (Wildman–Crippen MR) is 104 cm³/mol. The number of benzene rings is 1. The van der Waals surface area contributed by atoms with E-state index in [4.69, 9.17) is 14.6 Å². The summed E-state index contributed by atoms with van der Waals surface area (Å²) in [5.74, 6) is -6.88. The Morgan fingerprint density at radius 3 is 2.52 bits per heavy atom. The third-order valence-corrected chi connectivity index (χ3v) is 6.16. The summed E-state index contributed by atoms with van der Waals surface area (Å²) < 4.78 is 80.9. The topological polar surface area (TPSA) is 97.3 Å². The molecule has 0 bridgehead atoms. The highest BCUT2D eigenvalue weighted by molar-refractivity contribution is 5.88. The molecule has 0 radical (unpaired) electrons. The molecule has 33 heavy (non-hydrogen) atoms. The molecule has 3 heterocycles. The summed E-state index contributed by atoms with van der Waals surface area (Å²) >= 11 is 0. The molecule has 1 aliphatic heterocycles. The van der Waals surface area contributed by atoms with Gasteiger partial charge in [0, 0.05) is 17.4 Å². The van der Waals surface area contributed by atoms with Crippen LogP contribution in [0.2, 0.25) is 0 Å². The zero-order valence-electron chi connectivity index (χ0n) is 17.5. The molecular weight excluding hydrogens is 453 g/mol. The molecule has 0 unspecified atom stereocenters. The fourth-order valence-electron chi connectivity index (χ4n) is 4.21. The number of pyridine rings is 1. The van der Waals surface area contributed by atoms with Gasteiger partial charge in [-0.25, -0.2) is 19.2 Å². The van der Waals surface area contributed by atoms with Crippen LogP contribution in [0, 0.1) is 17.6 Å². The monoisotopic (exact) mass is 471 g/mol. The number of imidazole rings is 1. The zero-order valence-corrected chi connectivity index (χ0v) is 17.5. The van der Waals surface area contributed by atoms with Crippen LogP contribution in [0.3, 0.4) is 0 Å². The van der Waals surface area contributed by atoms with Crippen LogP contribution in [-0.2, 0) is 4.74 Å². The second kappa shape index (κ2) is 7.65. The van der Waals surface area contributed by atoms with Crippen molar-refractivity contribution in [1.82, 2.24) is 15.0 Å². The second-order valence-corrected chi connectivity index (χ2v) is 7.94. The maximum Gasteiger partial charge on any atom is 0.417 e. The number of nitrogens with one attached hydrogen (secondary N) is 1. The summed E-state index contributed by atoms with van der Waals surface area (Å²) in [6, 6.07) is 4.54. The Morgan fingerprint density at radius 1 is 1.21 bits per heavy atom. The minimum Gasteiger partial charge on any atom is -0.493 e. The number of H-pyrrole nitrogens is 1. The van der Waals surface area contributed by atoms with E-state index in [0.29, 0.717) is 0 Å². The van der Waals surface area contributed by atoms with Crippen LogP contribution in [0.1, 0.15) is 47.7 Å². The van der Waals surface area contributed by atoms with E-state index in [1.165, 1.54) is 19.1 Å². The molecule has 4 rings (SSSR count). The van der Waals surface area contributed by atoms with E-state index < -0.39 is 53.1 Å². The van der Waals surface area contributed by atoms with Crippen LogP contribution in [-0.4, -0.2) is 44.9 Å². The minimum atomic E-state index is -4.80. The van der Waals surface area contributed by atoms with E-state index in [1.807, 2.05) is 0 Å². The van der Waals surface area contributed by atoms with Gasteiger partial charge >= 0.3 is 12.1 Å². The maximum atomic E-state index is 14.4. The molecule has 1 fully saturated rings. The van der Waals surface area contributed by atoms with Gasteiger partial charge in [0.15, 0.2) is 28.5 Å². The number of aromatic amines is 1. The number of carboxylic acids is 1. The molecule has 0 aliphatic carbocycles. The normalized spacial score (nSPS) is 25.5. The van der Waals surface area contributed by atoms with E-state index in [-0.39, 0.29) is 28.2 Å². The predicted octanol–water partition coefficient (Wildman–Crippen LogP) is 4.76. The summed E-state index contributed by atoms with van der Waals surface area (Å²) in [4.78, 5) is 22.0. The van der Waals surface area contributed by atoms with Crippen molar-refractivity contribution in [3.8, 4) is 5.75 Å². The maximum absolute atomic E-state index is 14.4. The number of fused-ring (bicyclic) bond motifs is 1. The van der Waals surface area contributed by atoms with Crippen molar-refractivity contribution in [3.63, 3.8) is 0 Å². The smallest absolute Gasteiger partial charge is 0.417 e.